The average Bonchev–Trinajstić information content (AvgIpc) is 2.95. The van der Waals surface area contributed by atoms with Crippen molar-refractivity contribution in [2.24, 2.45) is 0 Å². The van der Waals surface area contributed by atoms with Crippen molar-refractivity contribution in [3.05, 3.63) is 65.1 Å². The smallest absolute Gasteiger partial charge is 0.127 e. The number of nitrogens with one attached hydrogen (secondary N) is 1. The second kappa shape index (κ2) is 6.20. The zero-order chi connectivity index (χ0) is 14.7. The molecule has 0 aliphatic rings. The summed E-state index contributed by atoms with van der Waals surface area (Å²) in [6, 6.07) is 13.7. The van der Waals surface area contributed by atoms with E-state index in [4.69, 9.17) is 20.8 Å². The molecule has 0 amide bonds. The maximum Gasteiger partial charge on any atom is 0.127 e. The monoisotopic (exact) mass is 301 g/mol. The van der Waals surface area contributed by atoms with E-state index >= 15 is 0 Å². The van der Waals surface area contributed by atoms with E-state index in [2.05, 4.69) is 5.32 Å². The number of ether oxygens (including phenoxy) is 1. The van der Waals surface area contributed by atoms with Crippen molar-refractivity contribution < 1.29 is 9.15 Å². The fourth-order valence-corrected chi connectivity index (χ4v) is 2.56. The molecule has 21 heavy (non-hydrogen) atoms. The van der Waals surface area contributed by atoms with Crippen molar-refractivity contribution in [1.29, 1.82) is 0 Å². The molecule has 108 valence electrons. The van der Waals surface area contributed by atoms with Crippen molar-refractivity contribution in [3.8, 4) is 5.75 Å². The predicted molar refractivity (Wildman–Crippen MR) is 84.8 cm³/mol. The molecule has 0 fully saturated rings. The van der Waals surface area contributed by atoms with Gasteiger partial charge in [-0.3, -0.25) is 0 Å². The first kappa shape index (κ1) is 14.0. The van der Waals surface area contributed by atoms with Crippen molar-refractivity contribution in [2.75, 3.05) is 7.05 Å². The largest absolute Gasteiger partial charge is 0.488 e. The summed E-state index contributed by atoms with van der Waals surface area (Å²) >= 11 is 6.22. The Bertz CT molecular complexity index is 751. The topological polar surface area (TPSA) is 34.4 Å². The Labute approximate surface area is 128 Å². The van der Waals surface area contributed by atoms with Crippen LogP contribution >= 0.6 is 11.6 Å². The first-order valence-electron chi connectivity index (χ1n) is 6.79. The highest BCUT2D eigenvalue weighted by atomic mass is 35.5. The molecule has 3 aromatic rings. The van der Waals surface area contributed by atoms with Crippen LogP contribution in [-0.4, -0.2) is 7.05 Å². The zero-order valence-corrected chi connectivity index (χ0v) is 12.5. The van der Waals surface area contributed by atoms with E-state index in [1.165, 1.54) is 0 Å². The normalized spacial score (nSPS) is 11.0. The van der Waals surface area contributed by atoms with E-state index in [9.17, 15) is 0 Å². The summed E-state index contributed by atoms with van der Waals surface area (Å²) in [5, 5.41) is 5.83. The number of rotatable bonds is 5. The van der Waals surface area contributed by atoms with E-state index in [0.29, 0.717) is 13.2 Å². The van der Waals surface area contributed by atoms with Gasteiger partial charge in [-0.2, -0.15) is 0 Å². The van der Waals surface area contributed by atoms with Gasteiger partial charge in [-0.25, -0.2) is 0 Å². The standard InChI is InChI=1S/C17H16ClNO2/c1-19-10-17-12(8-9-20-17)11-21-16-7-6-15(18)13-4-2-3-5-14(13)16/h2-9,19H,10-11H2,1H3. The summed E-state index contributed by atoms with van der Waals surface area (Å²) in [5.74, 6) is 1.72. The van der Waals surface area contributed by atoms with Gasteiger partial charge in [0.05, 0.1) is 12.8 Å². The molecule has 3 rings (SSSR count). The lowest BCUT2D eigenvalue weighted by Gasteiger charge is -2.10. The van der Waals surface area contributed by atoms with Gasteiger partial charge in [-0.1, -0.05) is 35.9 Å². The minimum atomic E-state index is 0.471. The first-order valence-corrected chi connectivity index (χ1v) is 7.17. The quantitative estimate of drug-likeness (QED) is 0.759. The number of hydrogen-bond acceptors (Lipinski definition) is 3. The number of hydrogen-bond donors (Lipinski definition) is 1. The van der Waals surface area contributed by atoms with Gasteiger partial charge in [-0.05, 0) is 25.2 Å². The maximum atomic E-state index is 6.22. The van der Waals surface area contributed by atoms with Gasteiger partial charge < -0.3 is 14.5 Å². The fraction of sp³-hybridized carbons (Fsp3) is 0.176. The highest BCUT2D eigenvalue weighted by Crippen LogP contribution is 2.31. The molecule has 0 saturated carbocycles. The van der Waals surface area contributed by atoms with Gasteiger partial charge in [0.25, 0.3) is 0 Å². The SMILES string of the molecule is CNCc1occc1COc1ccc(Cl)c2ccccc12. The molecule has 0 unspecified atom stereocenters. The summed E-state index contributed by atoms with van der Waals surface area (Å²) in [6.07, 6.45) is 1.69. The van der Waals surface area contributed by atoms with Crippen LogP contribution in [0.4, 0.5) is 0 Å². The molecule has 1 aromatic heterocycles. The van der Waals surface area contributed by atoms with E-state index in [-0.39, 0.29) is 0 Å². The lowest BCUT2D eigenvalue weighted by Crippen LogP contribution is -2.07. The number of halogens is 1. The van der Waals surface area contributed by atoms with Gasteiger partial charge in [-0.15, -0.1) is 0 Å². The first-order chi connectivity index (χ1) is 10.3. The molecule has 0 saturated heterocycles. The molecular weight excluding hydrogens is 286 g/mol. The molecule has 0 aliphatic heterocycles. The molecule has 1 N–H and O–H groups in total. The van der Waals surface area contributed by atoms with Crippen LogP contribution in [0, 0.1) is 0 Å². The van der Waals surface area contributed by atoms with Gasteiger partial charge in [0, 0.05) is 21.4 Å². The fourth-order valence-electron chi connectivity index (χ4n) is 2.33. The third-order valence-corrected chi connectivity index (χ3v) is 3.72. The molecular formula is C17H16ClNO2. The predicted octanol–water partition coefficient (Wildman–Crippen LogP) is 4.38. The molecule has 2 aromatic carbocycles. The third kappa shape index (κ3) is 2.89. The number of fused-ring (bicyclic) bond motifs is 1. The lowest BCUT2D eigenvalue weighted by molar-refractivity contribution is 0.305. The number of furan rings is 1. The second-order valence-corrected chi connectivity index (χ2v) is 5.19. The minimum absolute atomic E-state index is 0.471. The second-order valence-electron chi connectivity index (χ2n) is 4.78. The van der Waals surface area contributed by atoms with Crippen molar-refractivity contribution in [3.63, 3.8) is 0 Å². The summed E-state index contributed by atoms with van der Waals surface area (Å²) in [5.41, 5.74) is 1.04. The molecule has 1 heterocycles. The van der Waals surface area contributed by atoms with Gasteiger partial charge in [0.2, 0.25) is 0 Å². The molecule has 0 bridgehead atoms. The average molecular weight is 302 g/mol. The summed E-state index contributed by atoms with van der Waals surface area (Å²) in [6.45, 7) is 1.16. The Kier molecular flexibility index (Phi) is 4.13. The van der Waals surface area contributed by atoms with Gasteiger partial charge in [0.1, 0.15) is 18.1 Å². The van der Waals surface area contributed by atoms with Crippen LogP contribution in [0.15, 0.2) is 53.1 Å². The molecule has 4 heteroatoms. The maximum absolute atomic E-state index is 6.22. The number of benzene rings is 2. The van der Waals surface area contributed by atoms with Crippen LogP contribution < -0.4 is 10.1 Å². The minimum Gasteiger partial charge on any atom is -0.488 e. The summed E-state index contributed by atoms with van der Waals surface area (Å²) in [4.78, 5) is 0. The van der Waals surface area contributed by atoms with Crippen LogP contribution in [0.3, 0.4) is 0 Å². The summed E-state index contributed by atoms with van der Waals surface area (Å²) in [7, 11) is 1.89. The molecule has 0 atom stereocenters. The van der Waals surface area contributed by atoms with Gasteiger partial charge >= 0.3 is 0 Å². The van der Waals surface area contributed by atoms with E-state index in [1.807, 2.05) is 49.5 Å². The Balaban J connectivity index is 1.85. The van der Waals surface area contributed by atoms with Crippen LogP contribution in [0.2, 0.25) is 5.02 Å². The van der Waals surface area contributed by atoms with Crippen molar-refractivity contribution in [2.45, 2.75) is 13.2 Å². The van der Waals surface area contributed by atoms with Crippen molar-refractivity contribution >= 4 is 22.4 Å². The Morgan fingerprint density at radius 1 is 1.10 bits per heavy atom. The van der Waals surface area contributed by atoms with Crippen LogP contribution in [0.25, 0.3) is 10.8 Å². The van der Waals surface area contributed by atoms with Crippen LogP contribution in [0.1, 0.15) is 11.3 Å². The highest BCUT2D eigenvalue weighted by Gasteiger charge is 2.09. The molecule has 0 aliphatic carbocycles. The summed E-state index contributed by atoms with van der Waals surface area (Å²) < 4.78 is 11.4. The third-order valence-electron chi connectivity index (χ3n) is 3.39. The van der Waals surface area contributed by atoms with Crippen molar-refractivity contribution in [1.82, 2.24) is 5.32 Å². The lowest BCUT2D eigenvalue weighted by atomic mass is 10.1. The molecule has 0 spiro atoms. The van der Waals surface area contributed by atoms with Crippen LogP contribution in [-0.2, 0) is 13.2 Å². The van der Waals surface area contributed by atoms with Gasteiger partial charge in [0.15, 0.2) is 0 Å². The Morgan fingerprint density at radius 3 is 2.71 bits per heavy atom. The Morgan fingerprint density at radius 2 is 1.90 bits per heavy atom. The van der Waals surface area contributed by atoms with E-state index < -0.39 is 0 Å². The van der Waals surface area contributed by atoms with E-state index in [1.54, 1.807) is 6.26 Å². The molecule has 3 nitrogen and oxygen atoms in total. The highest BCUT2D eigenvalue weighted by molar-refractivity contribution is 6.35. The zero-order valence-electron chi connectivity index (χ0n) is 11.7. The van der Waals surface area contributed by atoms with Crippen LogP contribution in [0.5, 0.6) is 5.75 Å². The molecule has 0 radical (unpaired) electrons. The van der Waals surface area contributed by atoms with E-state index in [0.717, 1.165) is 32.9 Å². The Hall–Kier alpha value is -1.97.